The van der Waals surface area contributed by atoms with Gasteiger partial charge in [0.2, 0.25) is 0 Å². The van der Waals surface area contributed by atoms with Gasteiger partial charge < -0.3 is 14.5 Å². The van der Waals surface area contributed by atoms with Crippen LogP contribution in [0.25, 0.3) is 11.0 Å². The van der Waals surface area contributed by atoms with Crippen LogP contribution in [0.2, 0.25) is 0 Å². The molecule has 3 aromatic rings. The minimum absolute atomic E-state index is 0.129. The van der Waals surface area contributed by atoms with E-state index in [2.05, 4.69) is 24.0 Å². The molecule has 1 unspecified atom stereocenters. The van der Waals surface area contributed by atoms with Crippen LogP contribution in [0.15, 0.2) is 47.3 Å². The van der Waals surface area contributed by atoms with Crippen molar-refractivity contribution in [2.75, 3.05) is 13.2 Å². The summed E-state index contributed by atoms with van der Waals surface area (Å²) in [6.07, 6.45) is 0. The number of nitrogens with one attached hydrogen (secondary N) is 1. The lowest BCUT2D eigenvalue weighted by Gasteiger charge is -2.22. The Morgan fingerprint density at radius 3 is 2.83 bits per heavy atom. The lowest BCUT2D eigenvalue weighted by Crippen LogP contribution is -2.29. The molecular formula is C19H20N2O3. The lowest BCUT2D eigenvalue weighted by molar-refractivity contribution is 0.0674. The summed E-state index contributed by atoms with van der Waals surface area (Å²) in [6.45, 7) is 3.84. The normalized spacial score (nSPS) is 19.4. The van der Waals surface area contributed by atoms with Crippen molar-refractivity contribution < 1.29 is 9.47 Å². The van der Waals surface area contributed by atoms with E-state index in [1.54, 1.807) is 11.6 Å². The van der Waals surface area contributed by atoms with Crippen molar-refractivity contribution in [3.63, 3.8) is 0 Å². The quantitative estimate of drug-likeness (QED) is 0.803. The summed E-state index contributed by atoms with van der Waals surface area (Å²) >= 11 is 0. The molecule has 1 aliphatic heterocycles. The van der Waals surface area contributed by atoms with Gasteiger partial charge in [-0.3, -0.25) is 4.57 Å². The highest BCUT2D eigenvalue weighted by molar-refractivity contribution is 5.84. The van der Waals surface area contributed by atoms with Gasteiger partial charge in [0.05, 0.1) is 24.1 Å². The van der Waals surface area contributed by atoms with E-state index in [9.17, 15) is 4.79 Å². The van der Waals surface area contributed by atoms with Crippen LogP contribution >= 0.6 is 0 Å². The van der Waals surface area contributed by atoms with Gasteiger partial charge in [0.15, 0.2) is 0 Å². The van der Waals surface area contributed by atoms with Crippen molar-refractivity contribution in [2.45, 2.75) is 18.9 Å². The molecular weight excluding hydrogens is 304 g/mol. The molecule has 4 rings (SSSR count). The van der Waals surface area contributed by atoms with Gasteiger partial charge in [0.1, 0.15) is 17.9 Å². The molecule has 124 valence electrons. The summed E-state index contributed by atoms with van der Waals surface area (Å²) in [6, 6.07) is 14.1. The van der Waals surface area contributed by atoms with Gasteiger partial charge in [-0.1, -0.05) is 36.4 Å². The molecule has 5 heteroatoms. The van der Waals surface area contributed by atoms with Crippen molar-refractivity contribution in [1.29, 1.82) is 0 Å². The van der Waals surface area contributed by atoms with Gasteiger partial charge in [-0.25, -0.2) is 4.79 Å². The highest BCUT2D eigenvalue weighted by Gasteiger charge is 2.38. The van der Waals surface area contributed by atoms with E-state index in [0.717, 1.165) is 27.9 Å². The summed E-state index contributed by atoms with van der Waals surface area (Å²) in [7, 11) is 1.76. The summed E-state index contributed by atoms with van der Waals surface area (Å²) in [5, 5.41) is 0. The van der Waals surface area contributed by atoms with Gasteiger partial charge in [-0.15, -0.1) is 0 Å². The summed E-state index contributed by atoms with van der Waals surface area (Å²) < 4.78 is 13.5. The number of benzene rings is 2. The number of aryl methyl sites for hydroxylation is 1. The molecule has 0 radical (unpaired) electrons. The van der Waals surface area contributed by atoms with Crippen molar-refractivity contribution in [3.8, 4) is 5.75 Å². The summed E-state index contributed by atoms with van der Waals surface area (Å²) in [4.78, 5) is 14.7. The van der Waals surface area contributed by atoms with Crippen molar-refractivity contribution in [3.05, 3.63) is 64.1 Å². The lowest BCUT2D eigenvalue weighted by atomic mass is 9.85. The molecule has 0 fully saturated rings. The number of rotatable bonds is 4. The second kappa shape index (κ2) is 5.53. The van der Waals surface area contributed by atoms with E-state index in [4.69, 9.17) is 9.47 Å². The topological polar surface area (TPSA) is 56.2 Å². The maximum Gasteiger partial charge on any atom is 0.326 e. The SMILES string of the molecule is Cn1c(=O)[nH]c2ccc3c(c21)OCC3(C)COCc1ccccc1. The fourth-order valence-electron chi connectivity index (χ4n) is 3.32. The van der Waals surface area contributed by atoms with Crippen molar-refractivity contribution in [1.82, 2.24) is 9.55 Å². The zero-order valence-electron chi connectivity index (χ0n) is 13.8. The number of imidazole rings is 1. The Balaban J connectivity index is 1.60. The van der Waals surface area contributed by atoms with E-state index in [0.29, 0.717) is 19.8 Å². The zero-order valence-corrected chi connectivity index (χ0v) is 13.8. The van der Waals surface area contributed by atoms with Crippen molar-refractivity contribution >= 4 is 11.0 Å². The standard InChI is InChI=1S/C19H20N2O3/c1-19(11-23-10-13-6-4-3-5-7-13)12-24-17-14(19)8-9-15-16(17)21(2)18(22)20-15/h3-9H,10-12H2,1-2H3,(H,20,22). The Morgan fingerprint density at radius 2 is 2.04 bits per heavy atom. The molecule has 0 aliphatic carbocycles. The minimum Gasteiger partial charge on any atom is -0.490 e. The first kappa shape index (κ1) is 15.0. The zero-order chi connectivity index (χ0) is 16.7. The fraction of sp³-hybridized carbons (Fsp3) is 0.316. The average Bonchev–Trinajstić information content (AvgIpc) is 3.07. The predicted octanol–water partition coefficient (Wildman–Crippen LogP) is 2.73. The second-order valence-corrected chi connectivity index (χ2v) is 6.66. The number of hydrogen-bond acceptors (Lipinski definition) is 3. The largest absolute Gasteiger partial charge is 0.490 e. The molecule has 24 heavy (non-hydrogen) atoms. The van der Waals surface area contributed by atoms with Crippen LogP contribution in [0.3, 0.4) is 0 Å². The van der Waals surface area contributed by atoms with E-state index in [1.165, 1.54) is 0 Å². The number of H-pyrrole nitrogens is 1. The third kappa shape index (κ3) is 2.32. The first-order chi connectivity index (χ1) is 11.6. The van der Waals surface area contributed by atoms with Gasteiger partial charge in [-0.05, 0) is 18.6 Å². The molecule has 0 spiro atoms. The van der Waals surface area contributed by atoms with Crippen LogP contribution in [0.4, 0.5) is 0 Å². The Morgan fingerprint density at radius 1 is 1.25 bits per heavy atom. The molecule has 0 saturated carbocycles. The third-order valence-corrected chi connectivity index (χ3v) is 4.73. The van der Waals surface area contributed by atoms with E-state index in [1.807, 2.05) is 30.3 Å². The highest BCUT2D eigenvalue weighted by Crippen LogP contribution is 2.42. The number of hydrogen-bond donors (Lipinski definition) is 1. The summed E-state index contributed by atoms with van der Waals surface area (Å²) in [5.74, 6) is 0.791. The van der Waals surface area contributed by atoms with Gasteiger partial charge >= 0.3 is 5.69 Å². The van der Waals surface area contributed by atoms with Gasteiger partial charge in [0, 0.05) is 12.6 Å². The molecule has 5 nitrogen and oxygen atoms in total. The first-order valence-electron chi connectivity index (χ1n) is 8.05. The minimum atomic E-state index is -0.217. The van der Waals surface area contributed by atoms with Crippen LogP contribution in [0, 0.1) is 0 Å². The molecule has 1 aromatic heterocycles. The predicted molar refractivity (Wildman–Crippen MR) is 92.5 cm³/mol. The van der Waals surface area contributed by atoms with Crippen LogP contribution in [0.5, 0.6) is 5.75 Å². The first-order valence-corrected chi connectivity index (χ1v) is 8.05. The summed E-state index contributed by atoms with van der Waals surface area (Å²) in [5.41, 5.74) is 3.53. The Hall–Kier alpha value is -2.53. The van der Waals surface area contributed by atoms with E-state index >= 15 is 0 Å². The molecule has 0 bridgehead atoms. The monoisotopic (exact) mass is 324 g/mol. The fourth-order valence-corrected chi connectivity index (χ4v) is 3.32. The molecule has 0 amide bonds. The van der Waals surface area contributed by atoms with E-state index in [-0.39, 0.29) is 11.1 Å². The number of nitrogens with zero attached hydrogens (tertiary/aromatic N) is 1. The van der Waals surface area contributed by atoms with Crippen LogP contribution in [-0.4, -0.2) is 22.8 Å². The Bertz CT molecular complexity index is 942. The van der Waals surface area contributed by atoms with Crippen LogP contribution in [-0.2, 0) is 23.8 Å². The number of ether oxygens (including phenoxy) is 2. The molecule has 0 saturated heterocycles. The Kier molecular flexibility index (Phi) is 3.46. The average molecular weight is 324 g/mol. The molecule has 1 aliphatic rings. The maximum absolute atomic E-state index is 11.9. The number of aromatic amines is 1. The number of aromatic nitrogens is 2. The van der Waals surface area contributed by atoms with Crippen LogP contribution in [0.1, 0.15) is 18.1 Å². The third-order valence-electron chi connectivity index (χ3n) is 4.73. The molecule has 2 heterocycles. The maximum atomic E-state index is 11.9. The smallest absolute Gasteiger partial charge is 0.326 e. The Labute approximate surface area is 139 Å². The van der Waals surface area contributed by atoms with Gasteiger partial charge in [-0.2, -0.15) is 0 Å². The van der Waals surface area contributed by atoms with E-state index < -0.39 is 0 Å². The molecule has 2 aromatic carbocycles. The molecule has 1 N–H and O–H groups in total. The highest BCUT2D eigenvalue weighted by atomic mass is 16.5. The van der Waals surface area contributed by atoms with Crippen LogP contribution < -0.4 is 10.4 Å². The van der Waals surface area contributed by atoms with Gasteiger partial charge in [0.25, 0.3) is 0 Å². The molecule has 1 atom stereocenters. The second-order valence-electron chi connectivity index (χ2n) is 6.66. The number of fused-ring (bicyclic) bond motifs is 3. The van der Waals surface area contributed by atoms with Crippen molar-refractivity contribution in [2.24, 2.45) is 7.05 Å².